The molecule has 0 bridgehead atoms. The van der Waals surface area contributed by atoms with Crippen LogP contribution in [0, 0.1) is 17.2 Å². The monoisotopic (exact) mass is 207 g/mol. The third-order valence-electron chi connectivity index (χ3n) is 3.98. The first-order valence-corrected chi connectivity index (χ1v) is 5.45. The Hall–Kier alpha value is -0.890. The van der Waals surface area contributed by atoms with Gasteiger partial charge in [0.05, 0.1) is 0 Å². The van der Waals surface area contributed by atoms with Crippen LogP contribution < -0.4 is 5.73 Å². The Labute approximate surface area is 90.5 Å². The Morgan fingerprint density at radius 3 is 2.20 bits per heavy atom. The fraction of sp³-hybridized carbons (Fsp3) is 0.538. The predicted octanol–water partition coefficient (Wildman–Crippen LogP) is 2.91. The largest absolute Gasteiger partial charge is 0.327 e. The van der Waals surface area contributed by atoms with E-state index in [1.165, 1.54) is 17.7 Å². The van der Waals surface area contributed by atoms with Crippen molar-refractivity contribution >= 4 is 0 Å². The number of hydrogen-bond donors (Lipinski definition) is 1. The zero-order valence-corrected chi connectivity index (χ0v) is 9.50. The standard InChI is InChI=1S/C13H18FN/c1-8-11(13(2,3)12(8)15)9-4-6-10(14)7-5-9/h4-8,11-12H,15H2,1-3H3. The molecule has 0 saturated heterocycles. The molecule has 1 aliphatic rings. The van der Waals surface area contributed by atoms with Crippen molar-refractivity contribution in [1.82, 2.24) is 0 Å². The van der Waals surface area contributed by atoms with Crippen LogP contribution in [0.2, 0.25) is 0 Å². The van der Waals surface area contributed by atoms with Gasteiger partial charge in [-0.1, -0.05) is 32.9 Å². The second kappa shape index (κ2) is 3.31. The van der Waals surface area contributed by atoms with E-state index in [0.29, 0.717) is 11.8 Å². The maximum atomic E-state index is 12.8. The molecule has 1 aromatic rings. The molecule has 0 radical (unpaired) electrons. The molecule has 0 spiro atoms. The van der Waals surface area contributed by atoms with Gasteiger partial charge in [-0.05, 0) is 34.9 Å². The maximum Gasteiger partial charge on any atom is 0.123 e. The van der Waals surface area contributed by atoms with Gasteiger partial charge in [0.1, 0.15) is 5.82 Å². The molecule has 2 heteroatoms. The van der Waals surface area contributed by atoms with Crippen molar-refractivity contribution in [2.24, 2.45) is 17.1 Å². The summed E-state index contributed by atoms with van der Waals surface area (Å²) in [5.74, 6) is 0.756. The van der Waals surface area contributed by atoms with Crippen LogP contribution in [-0.4, -0.2) is 6.04 Å². The third-order valence-corrected chi connectivity index (χ3v) is 3.98. The third kappa shape index (κ3) is 1.48. The molecule has 15 heavy (non-hydrogen) atoms. The lowest BCUT2D eigenvalue weighted by Crippen LogP contribution is -2.59. The molecule has 0 aliphatic heterocycles. The van der Waals surface area contributed by atoms with E-state index in [9.17, 15) is 4.39 Å². The summed E-state index contributed by atoms with van der Waals surface area (Å²) in [6.45, 7) is 6.54. The van der Waals surface area contributed by atoms with Crippen LogP contribution >= 0.6 is 0 Å². The van der Waals surface area contributed by atoms with Crippen molar-refractivity contribution in [2.75, 3.05) is 0 Å². The molecule has 1 aliphatic carbocycles. The normalized spacial score (nSPS) is 33.5. The number of halogens is 1. The summed E-state index contributed by atoms with van der Waals surface area (Å²) in [5, 5.41) is 0. The smallest absolute Gasteiger partial charge is 0.123 e. The summed E-state index contributed by atoms with van der Waals surface area (Å²) in [6, 6.07) is 7.06. The molecule has 0 aromatic heterocycles. The summed E-state index contributed by atoms with van der Waals surface area (Å²) < 4.78 is 12.8. The average molecular weight is 207 g/mol. The molecular formula is C13H18FN. The fourth-order valence-electron chi connectivity index (χ4n) is 3.05. The van der Waals surface area contributed by atoms with Crippen LogP contribution in [0.3, 0.4) is 0 Å². The molecule has 1 nitrogen and oxygen atoms in total. The Morgan fingerprint density at radius 2 is 1.73 bits per heavy atom. The second-order valence-corrected chi connectivity index (χ2v) is 5.24. The van der Waals surface area contributed by atoms with Crippen molar-refractivity contribution < 1.29 is 4.39 Å². The highest BCUT2D eigenvalue weighted by atomic mass is 19.1. The van der Waals surface area contributed by atoms with Crippen molar-refractivity contribution in [3.63, 3.8) is 0 Å². The summed E-state index contributed by atoms with van der Waals surface area (Å²) in [5.41, 5.74) is 7.41. The van der Waals surface area contributed by atoms with Crippen LogP contribution in [0.5, 0.6) is 0 Å². The van der Waals surface area contributed by atoms with E-state index in [0.717, 1.165) is 0 Å². The molecule has 2 rings (SSSR count). The zero-order chi connectivity index (χ0) is 11.2. The lowest BCUT2D eigenvalue weighted by atomic mass is 9.51. The zero-order valence-electron chi connectivity index (χ0n) is 9.50. The van der Waals surface area contributed by atoms with Gasteiger partial charge in [-0.3, -0.25) is 0 Å². The molecule has 0 heterocycles. The van der Waals surface area contributed by atoms with Crippen molar-refractivity contribution in [3.05, 3.63) is 35.6 Å². The van der Waals surface area contributed by atoms with Gasteiger partial charge >= 0.3 is 0 Å². The Morgan fingerprint density at radius 1 is 1.20 bits per heavy atom. The molecular weight excluding hydrogens is 189 g/mol. The quantitative estimate of drug-likeness (QED) is 0.753. The summed E-state index contributed by atoms with van der Waals surface area (Å²) in [6.07, 6.45) is 0. The van der Waals surface area contributed by atoms with E-state index in [2.05, 4.69) is 20.8 Å². The van der Waals surface area contributed by atoms with E-state index in [1.54, 1.807) is 0 Å². The molecule has 82 valence electrons. The van der Waals surface area contributed by atoms with E-state index in [1.807, 2.05) is 12.1 Å². The van der Waals surface area contributed by atoms with Crippen molar-refractivity contribution in [3.8, 4) is 0 Å². The topological polar surface area (TPSA) is 26.0 Å². The van der Waals surface area contributed by atoms with Gasteiger partial charge < -0.3 is 5.73 Å². The van der Waals surface area contributed by atoms with E-state index in [-0.39, 0.29) is 17.3 Å². The average Bonchev–Trinajstić information content (AvgIpc) is 2.20. The predicted molar refractivity (Wildman–Crippen MR) is 60.1 cm³/mol. The highest BCUT2D eigenvalue weighted by molar-refractivity contribution is 5.29. The number of rotatable bonds is 1. The maximum absolute atomic E-state index is 12.8. The van der Waals surface area contributed by atoms with Crippen LogP contribution in [0.25, 0.3) is 0 Å². The summed E-state index contributed by atoms with van der Waals surface area (Å²) in [7, 11) is 0. The van der Waals surface area contributed by atoms with E-state index >= 15 is 0 Å². The van der Waals surface area contributed by atoms with Crippen LogP contribution in [0.1, 0.15) is 32.3 Å². The molecule has 3 atom stereocenters. The van der Waals surface area contributed by atoms with Gasteiger partial charge in [0.15, 0.2) is 0 Å². The molecule has 2 N–H and O–H groups in total. The summed E-state index contributed by atoms with van der Waals surface area (Å²) in [4.78, 5) is 0. The van der Waals surface area contributed by atoms with E-state index < -0.39 is 0 Å². The molecule has 0 amide bonds. The van der Waals surface area contributed by atoms with E-state index in [4.69, 9.17) is 5.73 Å². The highest BCUT2D eigenvalue weighted by Gasteiger charge is 2.52. The number of nitrogens with two attached hydrogens (primary N) is 1. The van der Waals surface area contributed by atoms with Gasteiger partial charge in [-0.15, -0.1) is 0 Å². The Bertz CT molecular complexity index is 355. The van der Waals surface area contributed by atoms with Gasteiger partial charge in [-0.25, -0.2) is 4.39 Å². The SMILES string of the molecule is CC1C(N)C(C)(C)C1c1ccc(F)cc1. The molecule has 1 fully saturated rings. The highest BCUT2D eigenvalue weighted by Crippen LogP contribution is 2.55. The van der Waals surface area contributed by atoms with Crippen molar-refractivity contribution in [1.29, 1.82) is 0 Å². The Kier molecular flexibility index (Phi) is 2.34. The molecule has 1 saturated carbocycles. The minimum atomic E-state index is -0.173. The first kappa shape index (κ1) is 10.6. The number of benzene rings is 1. The number of hydrogen-bond acceptors (Lipinski definition) is 1. The lowest BCUT2D eigenvalue weighted by molar-refractivity contribution is 0.0255. The first-order valence-electron chi connectivity index (χ1n) is 5.45. The minimum Gasteiger partial charge on any atom is -0.327 e. The van der Waals surface area contributed by atoms with Gasteiger partial charge in [0.25, 0.3) is 0 Å². The summed E-state index contributed by atoms with van der Waals surface area (Å²) >= 11 is 0. The van der Waals surface area contributed by atoms with Crippen LogP contribution in [-0.2, 0) is 0 Å². The lowest BCUT2D eigenvalue weighted by Gasteiger charge is -2.56. The van der Waals surface area contributed by atoms with Crippen LogP contribution in [0.15, 0.2) is 24.3 Å². The molecule has 1 aromatic carbocycles. The fourth-order valence-corrected chi connectivity index (χ4v) is 3.05. The van der Waals surface area contributed by atoms with Crippen molar-refractivity contribution in [2.45, 2.75) is 32.7 Å². The van der Waals surface area contributed by atoms with Gasteiger partial charge in [-0.2, -0.15) is 0 Å². The first-order chi connectivity index (χ1) is 6.94. The molecule has 3 unspecified atom stereocenters. The second-order valence-electron chi connectivity index (χ2n) is 5.24. The van der Waals surface area contributed by atoms with Gasteiger partial charge in [0, 0.05) is 6.04 Å². The Balaban J connectivity index is 2.29. The minimum absolute atomic E-state index is 0.122. The van der Waals surface area contributed by atoms with Gasteiger partial charge in [0.2, 0.25) is 0 Å². The van der Waals surface area contributed by atoms with Crippen LogP contribution in [0.4, 0.5) is 4.39 Å².